The SMILES string of the molecule is CCCCNC(=O)C1(C(=O)N(C)CCCC)CC1. The van der Waals surface area contributed by atoms with Gasteiger partial charge in [-0.1, -0.05) is 26.7 Å². The fraction of sp³-hybridized carbons (Fsp3) is 0.857. The molecule has 1 saturated carbocycles. The van der Waals surface area contributed by atoms with Gasteiger partial charge in [-0.25, -0.2) is 0 Å². The summed E-state index contributed by atoms with van der Waals surface area (Å²) in [7, 11) is 1.80. The summed E-state index contributed by atoms with van der Waals surface area (Å²) in [5, 5.41) is 2.89. The summed E-state index contributed by atoms with van der Waals surface area (Å²) in [6, 6.07) is 0. The van der Waals surface area contributed by atoms with Gasteiger partial charge in [-0.3, -0.25) is 9.59 Å². The van der Waals surface area contributed by atoms with Crippen molar-refractivity contribution in [3.05, 3.63) is 0 Å². The molecule has 4 nitrogen and oxygen atoms in total. The molecule has 0 aromatic rings. The molecule has 4 heteroatoms. The lowest BCUT2D eigenvalue weighted by molar-refractivity contribution is -0.143. The number of hydrogen-bond acceptors (Lipinski definition) is 2. The highest BCUT2D eigenvalue weighted by Crippen LogP contribution is 2.47. The zero-order valence-corrected chi connectivity index (χ0v) is 11.9. The van der Waals surface area contributed by atoms with E-state index >= 15 is 0 Å². The molecular formula is C14H26N2O2. The Balaban J connectivity index is 2.47. The molecule has 18 heavy (non-hydrogen) atoms. The molecule has 0 spiro atoms. The third-order valence-corrected chi connectivity index (χ3v) is 3.60. The van der Waals surface area contributed by atoms with Gasteiger partial charge in [0.15, 0.2) is 0 Å². The predicted octanol–water partition coefficient (Wildman–Crippen LogP) is 1.94. The number of rotatable bonds is 8. The Hall–Kier alpha value is -1.06. The normalized spacial score (nSPS) is 16.2. The molecule has 0 aliphatic heterocycles. The molecule has 0 heterocycles. The number of carbonyl (C=O) groups excluding carboxylic acids is 2. The van der Waals surface area contributed by atoms with E-state index in [1.165, 1.54) is 0 Å². The minimum atomic E-state index is -0.726. The Bertz CT molecular complexity index is 298. The smallest absolute Gasteiger partial charge is 0.238 e. The van der Waals surface area contributed by atoms with Crippen LogP contribution in [-0.4, -0.2) is 36.9 Å². The van der Waals surface area contributed by atoms with Gasteiger partial charge in [0.1, 0.15) is 5.41 Å². The molecule has 0 atom stereocenters. The van der Waals surface area contributed by atoms with Crippen LogP contribution >= 0.6 is 0 Å². The van der Waals surface area contributed by atoms with Gasteiger partial charge in [0, 0.05) is 20.1 Å². The van der Waals surface area contributed by atoms with E-state index in [4.69, 9.17) is 0 Å². The Morgan fingerprint density at radius 3 is 2.28 bits per heavy atom. The molecule has 1 aliphatic rings. The van der Waals surface area contributed by atoms with Crippen molar-refractivity contribution in [3.63, 3.8) is 0 Å². The predicted molar refractivity (Wildman–Crippen MR) is 72.1 cm³/mol. The van der Waals surface area contributed by atoms with Crippen molar-refractivity contribution in [1.29, 1.82) is 0 Å². The average Bonchev–Trinajstić information content (AvgIpc) is 3.16. The van der Waals surface area contributed by atoms with Gasteiger partial charge in [0.05, 0.1) is 0 Å². The topological polar surface area (TPSA) is 49.4 Å². The molecular weight excluding hydrogens is 228 g/mol. The summed E-state index contributed by atoms with van der Waals surface area (Å²) in [6.45, 7) is 5.62. The fourth-order valence-electron chi connectivity index (χ4n) is 2.07. The first-order valence-corrected chi connectivity index (χ1v) is 7.12. The number of hydrogen-bond donors (Lipinski definition) is 1. The minimum absolute atomic E-state index is 0.00458. The van der Waals surface area contributed by atoms with Crippen LogP contribution in [0.4, 0.5) is 0 Å². The molecule has 0 aromatic carbocycles. The van der Waals surface area contributed by atoms with Crippen molar-refractivity contribution in [1.82, 2.24) is 10.2 Å². The van der Waals surface area contributed by atoms with Gasteiger partial charge in [-0.15, -0.1) is 0 Å². The van der Waals surface area contributed by atoms with E-state index in [1.54, 1.807) is 11.9 Å². The maximum atomic E-state index is 12.3. The molecule has 1 N–H and O–H groups in total. The van der Waals surface area contributed by atoms with Crippen molar-refractivity contribution in [2.45, 2.75) is 52.4 Å². The summed E-state index contributed by atoms with van der Waals surface area (Å²) in [4.78, 5) is 26.1. The highest BCUT2D eigenvalue weighted by molar-refractivity contribution is 6.07. The van der Waals surface area contributed by atoms with Crippen LogP contribution < -0.4 is 5.32 Å². The molecule has 0 bridgehead atoms. The molecule has 2 amide bonds. The van der Waals surface area contributed by atoms with Gasteiger partial charge in [0.25, 0.3) is 0 Å². The summed E-state index contributed by atoms with van der Waals surface area (Å²) >= 11 is 0. The Morgan fingerprint density at radius 2 is 1.78 bits per heavy atom. The molecule has 1 aliphatic carbocycles. The van der Waals surface area contributed by atoms with Crippen LogP contribution in [0.15, 0.2) is 0 Å². The van der Waals surface area contributed by atoms with Crippen molar-refractivity contribution in [3.8, 4) is 0 Å². The third-order valence-electron chi connectivity index (χ3n) is 3.60. The second-order valence-corrected chi connectivity index (χ2v) is 5.27. The molecule has 0 radical (unpaired) electrons. The maximum absolute atomic E-state index is 12.3. The van der Waals surface area contributed by atoms with Gasteiger partial charge in [-0.2, -0.15) is 0 Å². The minimum Gasteiger partial charge on any atom is -0.355 e. The van der Waals surface area contributed by atoms with Crippen LogP contribution in [-0.2, 0) is 9.59 Å². The standard InChI is InChI=1S/C14H26N2O2/c1-4-6-10-15-12(17)14(8-9-14)13(18)16(3)11-7-5-2/h4-11H2,1-3H3,(H,15,17). The first kappa shape index (κ1) is 15.0. The van der Waals surface area contributed by atoms with Crippen LogP contribution in [0.1, 0.15) is 52.4 Å². The first-order valence-electron chi connectivity index (χ1n) is 7.12. The highest BCUT2D eigenvalue weighted by atomic mass is 16.2. The number of nitrogens with one attached hydrogen (secondary N) is 1. The van der Waals surface area contributed by atoms with Crippen molar-refractivity contribution in [2.75, 3.05) is 20.1 Å². The number of unbranched alkanes of at least 4 members (excludes halogenated alkanes) is 2. The van der Waals surface area contributed by atoms with Crippen molar-refractivity contribution < 1.29 is 9.59 Å². The van der Waals surface area contributed by atoms with Crippen LogP contribution in [0.25, 0.3) is 0 Å². The molecule has 0 aromatic heterocycles. The second kappa shape index (κ2) is 6.76. The van der Waals surface area contributed by atoms with Crippen molar-refractivity contribution in [2.24, 2.45) is 5.41 Å². The quantitative estimate of drug-likeness (QED) is 0.531. The number of carbonyl (C=O) groups is 2. The zero-order chi connectivity index (χ0) is 13.6. The molecule has 0 saturated heterocycles. The molecule has 0 unspecified atom stereocenters. The van der Waals surface area contributed by atoms with E-state index in [-0.39, 0.29) is 11.8 Å². The lowest BCUT2D eigenvalue weighted by Crippen LogP contribution is -2.44. The van der Waals surface area contributed by atoms with Gasteiger partial charge < -0.3 is 10.2 Å². The highest BCUT2D eigenvalue weighted by Gasteiger charge is 2.57. The van der Waals surface area contributed by atoms with Gasteiger partial charge in [0.2, 0.25) is 11.8 Å². The Labute approximate surface area is 110 Å². The zero-order valence-electron chi connectivity index (χ0n) is 11.9. The van der Waals surface area contributed by atoms with E-state index < -0.39 is 5.41 Å². The monoisotopic (exact) mass is 254 g/mol. The van der Waals surface area contributed by atoms with E-state index in [2.05, 4.69) is 19.2 Å². The molecule has 104 valence electrons. The van der Waals surface area contributed by atoms with Gasteiger partial charge >= 0.3 is 0 Å². The largest absolute Gasteiger partial charge is 0.355 e. The maximum Gasteiger partial charge on any atom is 0.238 e. The summed E-state index contributed by atoms with van der Waals surface area (Å²) in [5.41, 5.74) is -0.726. The lowest BCUT2D eigenvalue weighted by atomic mass is 10.0. The van der Waals surface area contributed by atoms with Crippen LogP contribution in [0.2, 0.25) is 0 Å². The Kier molecular flexibility index (Phi) is 5.63. The van der Waals surface area contributed by atoms with Gasteiger partial charge in [-0.05, 0) is 25.7 Å². The Morgan fingerprint density at radius 1 is 1.17 bits per heavy atom. The fourth-order valence-corrected chi connectivity index (χ4v) is 2.07. The number of nitrogens with zero attached hydrogens (tertiary/aromatic N) is 1. The van der Waals surface area contributed by atoms with E-state index in [0.717, 1.165) is 32.2 Å². The van der Waals surface area contributed by atoms with E-state index in [1.807, 2.05) is 0 Å². The van der Waals surface area contributed by atoms with E-state index in [9.17, 15) is 9.59 Å². The molecule has 1 rings (SSSR count). The number of amides is 2. The van der Waals surface area contributed by atoms with Crippen LogP contribution in [0.3, 0.4) is 0 Å². The van der Waals surface area contributed by atoms with Crippen molar-refractivity contribution >= 4 is 11.8 Å². The van der Waals surface area contributed by atoms with Crippen LogP contribution in [0, 0.1) is 5.41 Å². The first-order chi connectivity index (χ1) is 8.58. The molecule has 1 fully saturated rings. The summed E-state index contributed by atoms with van der Waals surface area (Å²) in [6.07, 6.45) is 5.50. The van der Waals surface area contributed by atoms with E-state index in [0.29, 0.717) is 19.4 Å². The second-order valence-electron chi connectivity index (χ2n) is 5.27. The lowest BCUT2D eigenvalue weighted by Gasteiger charge is -2.22. The third kappa shape index (κ3) is 3.47. The summed E-state index contributed by atoms with van der Waals surface area (Å²) in [5.74, 6) is -0.0609. The summed E-state index contributed by atoms with van der Waals surface area (Å²) < 4.78 is 0. The van der Waals surface area contributed by atoms with Crippen LogP contribution in [0.5, 0.6) is 0 Å². The average molecular weight is 254 g/mol.